The lowest BCUT2D eigenvalue weighted by atomic mass is 9.98. The summed E-state index contributed by atoms with van der Waals surface area (Å²) in [6.45, 7) is 0. The molecular formula is C22H21NO8. The third kappa shape index (κ3) is 3.85. The Labute approximate surface area is 177 Å². The molecule has 9 heteroatoms. The quantitative estimate of drug-likeness (QED) is 0.414. The van der Waals surface area contributed by atoms with Crippen LogP contribution in [0.4, 0.5) is 0 Å². The molecule has 3 aromatic rings. The Morgan fingerprint density at radius 2 is 1.58 bits per heavy atom. The number of benzene rings is 2. The van der Waals surface area contributed by atoms with Crippen molar-refractivity contribution < 1.29 is 38.1 Å². The lowest BCUT2D eigenvalue weighted by molar-refractivity contribution is -0.113. The number of amides is 1. The third-order valence-electron chi connectivity index (χ3n) is 4.60. The molecule has 1 heterocycles. The number of carbonyl (C=O) groups excluding carboxylic acids is 2. The van der Waals surface area contributed by atoms with Gasteiger partial charge in [0.1, 0.15) is 5.76 Å². The van der Waals surface area contributed by atoms with Crippen LogP contribution in [0.25, 0.3) is 17.0 Å². The van der Waals surface area contributed by atoms with Crippen molar-refractivity contribution >= 4 is 28.7 Å². The molecule has 3 N–H and O–H groups in total. The first-order valence-corrected chi connectivity index (χ1v) is 9.00. The Kier molecular flexibility index (Phi) is 6.05. The van der Waals surface area contributed by atoms with Gasteiger partial charge in [-0.3, -0.25) is 9.59 Å². The van der Waals surface area contributed by atoms with Gasteiger partial charge in [0.05, 0.1) is 34.0 Å². The van der Waals surface area contributed by atoms with Crippen molar-refractivity contribution in [2.24, 2.45) is 5.73 Å². The molecule has 0 atom stereocenters. The maximum Gasteiger partial charge on any atom is 0.241 e. The van der Waals surface area contributed by atoms with E-state index in [-0.39, 0.29) is 45.5 Å². The first-order chi connectivity index (χ1) is 14.9. The summed E-state index contributed by atoms with van der Waals surface area (Å²) in [6.07, 6.45) is 2.32. The summed E-state index contributed by atoms with van der Waals surface area (Å²) in [5.74, 6) is -0.365. The largest absolute Gasteiger partial charge is 0.502 e. The molecule has 3 rings (SSSR count). The molecule has 0 bridgehead atoms. The van der Waals surface area contributed by atoms with Gasteiger partial charge in [0.25, 0.3) is 0 Å². The molecule has 0 saturated heterocycles. The number of primary amides is 1. The highest BCUT2D eigenvalue weighted by Gasteiger charge is 2.26. The molecular weight excluding hydrogens is 406 g/mol. The number of phenols is 1. The molecule has 0 unspecified atom stereocenters. The van der Waals surface area contributed by atoms with Crippen LogP contribution in [0.5, 0.6) is 28.7 Å². The number of nitrogens with two attached hydrogens (primary N) is 1. The minimum Gasteiger partial charge on any atom is -0.502 e. The summed E-state index contributed by atoms with van der Waals surface area (Å²) >= 11 is 0. The fraction of sp³-hybridized carbons (Fsp3) is 0.182. The highest BCUT2D eigenvalue weighted by molar-refractivity contribution is 6.19. The summed E-state index contributed by atoms with van der Waals surface area (Å²) in [6, 6.07) is 6.06. The van der Waals surface area contributed by atoms with Gasteiger partial charge < -0.3 is 34.2 Å². The van der Waals surface area contributed by atoms with Crippen LogP contribution >= 0.6 is 0 Å². The molecule has 31 heavy (non-hydrogen) atoms. The Hall–Kier alpha value is -4.14. The molecule has 0 aliphatic carbocycles. The van der Waals surface area contributed by atoms with E-state index in [2.05, 4.69) is 0 Å². The first-order valence-electron chi connectivity index (χ1n) is 9.00. The van der Waals surface area contributed by atoms with Crippen LogP contribution in [0.2, 0.25) is 0 Å². The molecule has 1 amide bonds. The number of aromatic hydroxyl groups is 1. The average Bonchev–Trinajstić information content (AvgIpc) is 3.15. The lowest BCUT2D eigenvalue weighted by Crippen LogP contribution is -2.06. The second-order valence-electron chi connectivity index (χ2n) is 6.31. The average molecular weight is 427 g/mol. The molecule has 1 aromatic heterocycles. The molecule has 0 fully saturated rings. The van der Waals surface area contributed by atoms with Crippen molar-refractivity contribution in [1.29, 1.82) is 0 Å². The molecule has 9 nitrogen and oxygen atoms in total. The van der Waals surface area contributed by atoms with Gasteiger partial charge in [0.2, 0.25) is 17.4 Å². The van der Waals surface area contributed by atoms with Gasteiger partial charge in [-0.05, 0) is 30.3 Å². The fourth-order valence-electron chi connectivity index (χ4n) is 3.18. The normalized spacial score (nSPS) is 11.0. The molecule has 162 valence electrons. The number of methoxy groups -OCH3 is 4. The molecule has 0 aliphatic rings. The second kappa shape index (κ2) is 8.70. The summed E-state index contributed by atoms with van der Waals surface area (Å²) < 4.78 is 26.7. The fourth-order valence-corrected chi connectivity index (χ4v) is 3.18. The second-order valence-corrected chi connectivity index (χ2v) is 6.31. The lowest BCUT2D eigenvalue weighted by Gasteiger charge is -2.13. The summed E-state index contributed by atoms with van der Waals surface area (Å²) in [7, 11) is 5.71. The van der Waals surface area contributed by atoms with Gasteiger partial charge in [-0.1, -0.05) is 0 Å². The highest BCUT2D eigenvalue weighted by Crippen LogP contribution is 2.42. The molecule has 0 spiro atoms. The molecule has 0 saturated carbocycles. The topological polar surface area (TPSA) is 130 Å². The van der Waals surface area contributed by atoms with Crippen molar-refractivity contribution in [3.05, 3.63) is 47.2 Å². The van der Waals surface area contributed by atoms with Crippen LogP contribution in [0.1, 0.15) is 21.7 Å². The van der Waals surface area contributed by atoms with Crippen molar-refractivity contribution in [3.63, 3.8) is 0 Å². The zero-order chi connectivity index (χ0) is 22.7. The maximum atomic E-state index is 13.5. The monoisotopic (exact) mass is 427 g/mol. The van der Waals surface area contributed by atoms with Gasteiger partial charge in [0.15, 0.2) is 28.6 Å². The van der Waals surface area contributed by atoms with E-state index in [9.17, 15) is 14.7 Å². The van der Waals surface area contributed by atoms with E-state index in [0.29, 0.717) is 11.1 Å². The third-order valence-corrected chi connectivity index (χ3v) is 4.60. The van der Waals surface area contributed by atoms with E-state index >= 15 is 0 Å². The van der Waals surface area contributed by atoms with Crippen LogP contribution in [0.3, 0.4) is 0 Å². The number of hydrogen-bond donors (Lipinski definition) is 2. The number of ether oxygens (including phenoxy) is 4. The highest BCUT2D eigenvalue weighted by atomic mass is 16.5. The molecule has 0 aliphatic heterocycles. The van der Waals surface area contributed by atoms with Gasteiger partial charge in [-0.25, -0.2) is 0 Å². The Bertz CT molecular complexity index is 1170. The van der Waals surface area contributed by atoms with Crippen molar-refractivity contribution in [2.75, 3.05) is 28.4 Å². The van der Waals surface area contributed by atoms with Crippen molar-refractivity contribution in [1.82, 2.24) is 0 Å². The van der Waals surface area contributed by atoms with Gasteiger partial charge >= 0.3 is 0 Å². The number of rotatable bonds is 8. The zero-order valence-electron chi connectivity index (χ0n) is 17.3. The van der Waals surface area contributed by atoms with E-state index in [0.717, 1.165) is 6.08 Å². The molecule has 0 radical (unpaired) electrons. The summed E-state index contributed by atoms with van der Waals surface area (Å²) in [5.41, 5.74) is 5.53. The molecule has 2 aromatic carbocycles. The van der Waals surface area contributed by atoms with E-state index in [1.54, 1.807) is 6.07 Å². The minimum atomic E-state index is -0.728. The van der Waals surface area contributed by atoms with E-state index < -0.39 is 11.7 Å². The summed E-state index contributed by atoms with van der Waals surface area (Å²) in [5, 5.41) is 10.8. The van der Waals surface area contributed by atoms with E-state index in [1.807, 2.05) is 0 Å². The summed E-state index contributed by atoms with van der Waals surface area (Å²) in [4.78, 5) is 24.8. The number of furan rings is 1. The maximum absolute atomic E-state index is 13.5. The number of hydrogen-bond acceptors (Lipinski definition) is 8. The minimum absolute atomic E-state index is 0.0271. The number of phenolic OH excluding ortho intramolecular Hbond substituents is 1. The Balaban J connectivity index is 2.28. The number of carbonyl (C=O) groups is 2. The first kappa shape index (κ1) is 21.6. The smallest absolute Gasteiger partial charge is 0.241 e. The zero-order valence-corrected chi connectivity index (χ0v) is 17.3. The van der Waals surface area contributed by atoms with Crippen molar-refractivity contribution in [2.45, 2.75) is 0 Å². The van der Waals surface area contributed by atoms with Gasteiger partial charge in [-0.15, -0.1) is 0 Å². The standard InChI is InChI=1S/C22H21NO8/c1-27-14-6-5-12-18(13(7-8-17(23)24)31-21(12)20(14)26)19(25)11-9-15(28-2)22(30-4)16(10-11)29-3/h5-10,26H,1-4H3,(H2,23,24). The number of fused-ring (bicyclic) bond motifs is 1. The van der Waals surface area contributed by atoms with Gasteiger partial charge in [0, 0.05) is 17.0 Å². The van der Waals surface area contributed by atoms with Crippen LogP contribution in [-0.4, -0.2) is 45.2 Å². The van der Waals surface area contributed by atoms with Crippen LogP contribution in [0, 0.1) is 0 Å². The van der Waals surface area contributed by atoms with Crippen molar-refractivity contribution in [3.8, 4) is 28.7 Å². The van der Waals surface area contributed by atoms with Crippen LogP contribution in [-0.2, 0) is 4.79 Å². The van der Waals surface area contributed by atoms with Gasteiger partial charge in [-0.2, -0.15) is 0 Å². The Morgan fingerprint density at radius 3 is 2.10 bits per heavy atom. The number of ketones is 1. The SMILES string of the molecule is COc1cc(C(=O)c2c(C=CC(N)=O)oc3c(O)c(OC)ccc23)cc(OC)c1OC. The van der Waals surface area contributed by atoms with Crippen LogP contribution < -0.4 is 24.7 Å². The Morgan fingerprint density at radius 1 is 0.968 bits per heavy atom. The van der Waals surface area contributed by atoms with E-state index in [1.165, 1.54) is 52.7 Å². The van der Waals surface area contributed by atoms with Crippen LogP contribution in [0.15, 0.2) is 34.8 Å². The van der Waals surface area contributed by atoms with E-state index in [4.69, 9.17) is 29.1 Å². The predicted octanol–water partition coefficient (Wildman–Crippen LogP) is 2.90. The predicted molar refractivity (Wildman–Crippen MR) is 112 cm³/mol.